The highest BCUT2D eigenvalue weighted by Crippen LogP contribution is 2.34. The van der Waals surface area contributed by atoms with Crippen LogP contribution in [0.4, 0.5) is 0 Å². The lowest BCUT2D eigenvalue weighted by Gasteiger charge is -2.27. The van der Waals surface area contributed by atoms with E-state index in [0.29, 0.717) is 17.4 Å². The molecule has 1 aliphatic carbocycles. The van der Waals surface area contributed by atoms with Crippen molar-refractivity contribution in [2.75, 3.05) is 13.7 Å². The van der Waals surface area contributed by atoms with Crippen molar-refractivity contribution in [1.82, 2.24) is 5.32 Å². The Kier molecular flexibility index (Phi) is 7.08. The fraction of sp³-hybridized carbons (Fsp3) is 0.667. The molecule has 21 heavy (non-hydrogen) atoms. The predicted octanol–water partition coefficient (Wildman–Crippen LogP) is 4.80. The summed E-state index contributed by atoms with van der Waals surface area (Å²) in [6.45, 7) is 5.52. The molecule has 0 saturated heterocycles. The summed E-state index contributed by atoms with van der Waals surface area (Å²) < 4.78 is 5.53. The third kappa shape index (κ3) is 5.32. The van der Waals surface area contributed by atoms with E-state index < -0.39 is 0 Å². The summed E-state index contributed by atoms with van der Waals surface area (Å²) in [5.74, 6) is 0. The summed E-state index contributed by atoms with van der Waals surface area (Å²) in [6, 6.07) is 9.54. The summed E-state index contributed by atoms with van der Waals surface area (Å²) in [4.78, 5) is 1.39. The smallest absolute Gasteiger partial charge is 0.0582 e. The summed E-state index contributed by atoms with van der Waals surface area (Å²) in [6.07, 6.45) is 6.69. The number of benzene rings is 1. The van der Waals surface area contributed by atoms with Crippen LogP contribution in [-0.4, -0.2) is 25.0 Å². The van der Waals surface area contributed by atoms with E-state index in [1.165, 1.54) is 42.6 Å². The predicted molar refractivity (Wildman–Crippen MR) is 92.1 cm³/mol. The Morgan fingerprint density at radius 1 is 1.29 bits per heavy atom. The van der Waals surface area contributed by atoms with E-state index in [1.54, 1.807) is 0 Å². The van der Waals surface area contributed by atoms with Crippen molar-refractivity contribution in [2.24, 2.45) is 0 Å². The molecule has 0 radical (unpaired) electrons. The minimum Gasteiger partial charge on any atom is -0.381 e. The lowest BCUT2D eigenvalue weighted by molar-refractivity contribution is 0.0730. The minimum absolute atomic E-state index is 0.441. The number of methoxy groups -OCH3 is 1. The molecular formula is C18H29NOS. The van der Waals surface area contributed by atoms with E-state index in [4.69, 9.17) is 4.74 Å². The van der Waals surface area contributed by atoms with Crippen LogP contribution in [0.25, 0.3) is 0 Å². The molecule has 0 bridgehead atoms. The Labute approximate surface area is 134 Å². The van der Waals surface area contributed by atoms with Gasteiger partial charge in [-0.15, -0.1) is 11.8 Å². The molecule has 1 aromatic rings. The Bertz CT molecular complexity index is 406. The maximum atomic E-state index is 5.53. The molecule has 3 unspecified atom stereocenters. The summed E-state index contributed by atoms with van der Waals surface area (Å²) in [5.41, 5.74) is 1.38. The lowest BCUT2D eigenvalue weighted by Crippen LogP contribution is -2.23. The molecule has 0 amide bonds. The number of hydrogen-bond acceptors (Lipinski definition) is 3. The summed E-state index contributed by atoms with van der Waals surface area (Å²) >= 11 is 2.02. The molecule has 1 aromatic carbocycles. The third-order valence-electron chi connectivity index (χ3n) is 4.29. The zero-order valence-corrected chi connectivity index (χ0v) is 14.4. The van der Waals surface area contributed by atoms with Crippen LogP contribution in [0.1, 0.15) is 57.6 Å². The van der Waals surface area contributed by atoms with E-state index in [-0.39, 0.29) is 0 Å². The van der Waals surface area contributed by atoms with Gasteiger partial charge < -0.3 is 10.1 Å². The summed E-state index contributed by atoms with van der Waals surface area (Å²) in [5, 5.41) is 4.25. The van der Waals surface area contributed by atoms with Crippen LogP contribution >= 0.6 is 11.8 Å². The molecule has 1 fully saturated rings. The molecule has 3 atom stereocenters. The van der Waals surface area contributed by atoms with Crippen molar-refractivity contribution in [2.45, 2.75) is 68.2 Å². The van der Waals surface area contributed by atoms with Gasteiger partial charge in [-0.1, -0.05) is 19.1 Å². The van der Waals surface area contributed by atoms with Crippen LogP contribution in [0.3, 0.4) is 0 Å². The Morgan fingerprint density at radius 2 is 2.05 bits per heavy atom. The fourth-order valence-corrected chi connectivity index (χ4v) is 4.20. The highest BCUT2D eigenvalue weighted by molar-refractivity contribution is 8.00. The number of thioether (sulfide) groups is 1. The molecule has 3 heteroatoms. The normalized spacial score (nSPS) is 24.0. The number of ether oxygens (including phenoxy) is 1. The fourth-order valence-electron chi connectivity index (χ4n) is 2.93. The van der Waals surface area contributed by atoms with Gasteiger partial charge in [0.15, 0.2) is 0 Å². The Morgan fingerprint density at radius 3 is 2.71 bits per heavy atom. The first-order chi connectivity index (χ1) is 10.2. The molecule has 0 heterocycles. The highest BCUT2D eigenvalue weighted by atomic mass is 32.2. The van der Waals surface area contributed by atoms with Gasteiger partial charge in [0.25, 0.3) is 0 Å². The second-order valence-electron chi connectivity index (χ2n) is 6.01. The second kappa shape index (κ2) is 8.82. The highest BCUT2D eigenvalue weighted by Gasteiger charge is 2.22. The van der Waals surface area contributed by atoms with E-state index in [2.05, 4.69) is 43.4 Å². The van der Waals surface area contributed by atoms with Gasteiger partial charge in [0.05, 0.1) is 6.10 Å². The molecule has 2 nitrogen and oxygen atoms in total. The van der Waals surface area contributed by atoms with Gasteiger partial charge in [-0.3, -0.25) is 0 Å². The van der Waals surface area contributed by atoms with E-state index >= 15 is 0 Å². The second-order valence-corrected chi connectivity index (χ2v) is 7.38. The van der Waals surface area contributed by atoms with Crippen LogP contribution < -0.4 is 5.32 Å². The van der Waals surface area contributed by atoms with Gasteiger partial charge in [-0.05, 0) is 63.3 Å². The van der Waals surface area contributed by atoms with E-state index in [1.807, 2.05) is 18.9 Å². The van der Waals surface area contributed by atoms with Gasteiger partial charge in [-0.25, -0.2) is 0 Å². The van der Waals surface area contributed by atoms with Crippen LogP contribution in [-0.2, 0) is 4.74 Å². The molecule has 2 rings (SSSR count). The van der Waals surface area contributed by atoms with Crippen LogP contribution in [0.5, 0.6) is 0 Å². The Balaban J connectivity index is 1.87. The first-order valence-corrected chi connectivity index (χ1v) is 9.13. The first kappa shape index (κ1) is 16.9. The molecule has 1 saturated carbocycles. The average molecular weight is 308 g/mol. The largest absolute Gasteiger partial charge is 0.381 e. The quantitative estimate of drug-likeness (QED) is 0.782. The van der Waals surface area contributed by atoms with Crippen molar-refractivity contribution in [3.05, 3.63) is 29.8 Å². The van der Waals surface area contributed by atoms with Crippen molar-refractivity contribution in [1.29, 1.82) is 0 Å². The van der Waals surface area contributed by atoms with Crippen LogP contribution in [0.15, 0.2) is 29.2 Å². The van der Waals surface area contributed by atoms with Gasteiger partial charge in [-0.2, -0.15) is 0 Å². The zero-order valence-electron chi connectivity index (χ0n) is 13.6. The van der Waals surface area contributed by atoms with Gasteiger partial charge in [0.1, 0.15) is 0 Å². The zero-order chi connectivity index (χ0) is 15.1. The maximum Gasteiger partial charge on any atom is 0.0582 e. The number of rotatable bonds is 7. The summed E-state index contributed by atoms with van der Waals surface area (Å²) in [7, 11) is 1.84. The molecule has 118 valence electrons. The topological polar surface area (TPSA) is 21.3 Å². The average Bonchev–Trinajstić information content (AvgIpc) is 2.53. The number of nitrogens with one attached hydrogen (secondary N) is 1. The van der Waals surface area contributed by atoms with E-state index in [9.17, 15) is 0 Å². The standard InChI is InChI=1S/C18H29NOS/c1-4-12-19-14(2)15-8-10-17(11-9-15)21-18-7-5-6-16(13-18)20-3/h8-11,14,16,18-19H,4-7,12-13H2,1-3H3. The first-order valence-electron chi connectivity index (χ1n) is 8.25. The van der Waals surface area contributed by atoms with Crippen LogP contribution in [0.2, 0.25) is 0 Å². The third-order valence-corrected chi connectivity index (χ3v) is 5.60. The van der Waals surface area contributed by atoms with E-state index in [0.717, 1.165) is 6.54 Å². The number of hydrogen-bond donors (Lipinski definition) is 1. The Hall–Kier alpha value is -0.510. The molecule has 1 N–H and O–H groups in total. The van der Waals surface area contributed by atoms with Crippen molar-refractivity contribution in [3.8, 4) is 0 Å². The van der Waals surface area contributed by atoms with Crippen molar-refractivity contribution < 1.29 is 4.74 Å². The van der Waals surface area contributed by atoms with Gasteiger partial charge in [0.2, 0.25) is 0 Å². The molecular weight excluding hydrogens is 278 g/mol. The van der Waals surface area contributed by atoms with Crippen molar-refractivity contribution >= 4 is 11.8 Å². The van der Waals surface area contributed by atoms with Gasteiger partial charge >= 0.3 is 0 Å². The molecule has 0 aliphatic heterocycles. The molecule has 0 aromatic heterocycles. The molecule has 0 spiro atoms. The van der Waals surface area contributed by atoms with Gasteiger partial charge in [0, 0.05) is 23.3 Å². The lowest BCUT2D eigenvalue weighted by atomic mass is 9.97. The van der Waals surface area contributed by atoms with Crippen molar-refractivity contribution in [3.63, 3.8) is 0 Å². The monoisotopic (exact) mass is 307 g/mol. The SMILES string of the molecule is CCCNC(C)c1ccc(SC2CCCC(OC)C2)cc1. The maximum absolute atomic E-state index is 5.53. The van der Waals surface area contributed by atoms with Crippen LogP contribution in [0, 0.1) is 0 Å². The minimum atomic E-state index is 0.441. The molecule has 1 aliphatic rings.